The van der Waals surface area contributed by atoms with Gasteiger partial charge in [0.1, 0.15) is 11.8 Å². The van der Waals surface area contributed by atoms with Crippen molar-refractivity contribution in [3.05, 3.63) is 40.5 Å². The van der Waals surface area contributed by atoms with Crippen LogP contribution in [0.1, 0.15) is 34.4 Å². The zero-order chi connectivity index (χ0) is 16.3. The lowest BCUT2D eigenvalue weighted by molar-refractivity contribution is -0.142. The van der Waals surface area contributed by atoms with E-state index in [0.717, 1.165) is 29.1 Å². The third kappa shape index (κ3) is 3.41. The number of carbonyl (C=O) groups excluding carboxylic acids is 1. The van der Waals surface area contributed by atoms with Crippen molar-refractivity contribution in [3.8, 4) is 0 Å². The SMILES string of the molecule is Cc1n[nH]c(C)c1CC(OC=O)c1ccc(C(F)(F)F)nn1. The molecule has 2 heterocycles. The molecule has 0 amide bonds. The number of aryl methyl sites for hydroxylation is 2. The van der Waals surface area contributed by atoms with Crippen molar-refractivity contribution in [2.75, 3.05) is 0 Å². The summed E-state index contributed by atoms with van der Waals surface area (Å²) in [6.07, 6.45) is -5.15. The Kier molecular flexibility index (Phi) is 4.43. The molecule has 0 aromatic carbocycles. The van der Waals surface area contributed by atoms with Gasteiger partial charge in [-0.1, -0.05) is 0 Å². The van der Waals surface area contributed by atoms with Gasteiger partial charge in [0.05, 0.1) is 5.69 Å². The molecule has 0 radical (unpaired) electrons. The Balaban J connectivity index is 2.26. The standard InChI is InChI=1S/C13H13F3N4O2/c1-7-9(8(2)18-17-7)5-11(22-6-21)10-3-4-12(20-19-10)13(14,15)16/h3-4,6,11H,5H2,1-2H3,(H,17,18). The fraction of sp³-hybridized carbons (Fsp3) is 0.385. The molecule has 0 saturated carbocycles. The maximum atomic E-state index is 12.5. The molecular weight excluding hydrogens is 301 g/mol. The number of nitrogens with zero attached hydrogens (tertiary/aromatic N) is 3. The molecule has 0 bridgehead atoms. The molecule has 0 aliphatic carbocycles. The summed E-state index contributed by atoms with van der Waals surface area (Å²) in [5.74, 6) is 0. The van der Waals surface area contributed by atoms with E-state index >= 15 is 0 Å². The molecular formula is C13H13F3N4O2. The van der Waals surface area contributed by atoms with Crippen LogP contribution in [0.5, 0.6) is 0 Å². The minimum Gasteiger partial charge on any atom is -0.458 e. The van der Waals surface area contributed by atoms with Gasteiger partial charge >= 0.3 is 6.18 Å². The fourth-order valence-corrected chi connectivity index (χ4v) is 2.02. The number of nitrogens with one attached hydrogen (secondary N) is 1. The van der Waals surface area contributed by atoms with Gasteiger partial charge in [-0.05, 0) is 31.5 Å². The van der Waals surface area contributed by atoms with Crippen LogP contribution in [0, 0.1) is 13.8 Å². The zero-order valence-corrected chi connectivity index (χ0v) is 11.8. The van der Waals surface area contributed by atoms with Crippen LogP contribution in [-0.4, -0.2) is 26.9 Å². The zero-order valence-electron chi connectivity index (χ0n) is 11.8. The van der Waals surface area contributed by atoms with Crippen molar-refractivity contribution in [2.45, 2.75) is 32.5 Å². The van der Waals surface area contributed by atoms with E-state index in [0.29, 0.717) is 0 Å². The Bertz CT molecular complexity index is 633. The van der Waals surface area contributed by atoms with Gasteiger partial charge in [0.15, 0.2) is 5.69 Å². The lowest BCUT2D eigenvalue weighted by atomic mass is 10.0. The lowest BCUT2D eigenvalue weighted by Gasteiger charge is -2.15. The second-order valence-corrected chi connectivity index (χ2v) is 4.68. The highest BCUT2D eigenvalue weighted by atomic mass is 19.4. The maximum Gasteiger partial charge on any atom is 0.435 e. The molecule has 1 unspecified atom stereocenters. The molecule has 0 aliphatic heterocycles. The second kappa shape index (κ2) is 6.12. The van der Waals surface area contributed by atoms with E-state index in [9.17, 15) is 18.0 Å². The molecule has 118 valence electrons. The smallest absolute Gasteiger partial charge is 0.435 e. The van der Waals surface area contributed by atoms with Gasteiger partial charge in [0.25, 0.3) is 6.47 Å². The van der Waals surface area contributed by atoms with E-state index in [2.05, 4.69) is 20.4 Å². The minimum atomic E-state index is -4.57. The molecule has 0 saturated heterocycles. The quantitative estimate of drug-likeness (QED) is 0.856. The van der Waals surface area contributed by atoms with Crippen LogP contribution in [0.3, 0.4) is 0 Å². The number of ether oxygens (including phenoxy) is 1. The first-order valence-corrected chi connectivity index (χ1v) is 6.33. The van der Waals surface area contributed by atoms with Gasteiger partial charge in [-0.3, -0.25) is 9.89 Å². The number of halogens is 3. The van der Waals surface area contributed by atoms with E-state index in [-0.39, 0.29) is 18.6 Å². The topological polar surface area (TPSA) is 80.8 Å². The van der Waals surface area contributed by atoms with E-state index in [1.807, 2.05) is 0 Å². The van der Waals surface area contributed by atoms with Crippen LogP contribution < -0.4 is 0 Å². The van der Waals surface area contributed by atoms with Gasteiger partial charge < -0.3 is 4.74 Å². The van der Waals surface area contributed by atoms with Gasteiger partial charge in [-0.15, -0.1) is 5.10 Å². The van der Waals surface area contributed by atoms with Crippen molar-refractivity contribution in [2.24, 2.45) is 0 Å². The summed E-state index contributed by atoms with van der Waals surface area (Å²) in [6, 6.07) is 1.95. The molecule has 0 aliphatic rings. The Morgan fingerprint density at radius 2 is 2.05 bits per heavy atom. The van der Waals surface area contributed by atoms with Crippen molar-refractivity contribution in [1.29, 1.82) is 0 Å². The van der Waals surface area contributed by atoms with Crippen molar-refractivity contribution in [1.82, 2.24) is 20.4 Å². The molecule has 1 atom stereocenters. The first-order valence-electron chi connectivity index (χ1n) is 6.33. The second-order valence-electron chi connectivity index (χ2n) is 4.68. The molecule has 9 heteroatoms. The highest BCUT2D eigenvalue weighted by Crippen LogP contribution is 2.28. The van der Waals surface area contributed by atoms with E-state index in [1.165, 1.54) is 0 Å². The number of hydrogen-bond acceptors (Lipinski definition) is 5. The third-order valence-corrected chi connectivity index (χ3v) is 3.20. The van der Waals surface area contributed by atoms with Crippen LogP contribution in [0.2, 0.25) is 0 Å². The van der Waals surface area contributed by atoms with Crippen molar-refractivity contribution >= 4 is 6.47 Å². The summed E-state index contributed by atoms with van der Waals surface area (Å²) in [7, 11) is 0. The van der Waals surface area contributed by atoms with E-state index in [1.54, 1.807) is 13.8 Å². The summed E-state index contributed by atoms with van der Waals surface area (Å²) in [5.41, 5.74) is 1.36. The monoisotopic (exact) mass is 314 g/mol. The van der Waals surface area contributed by atoms with Gasteiger partial charge in [-0.25, -0.2) is 0 Å². The average molecular weight is 314 g/mol. The Morgan fingerprint density at radius 3 is 2.50 bits per heavy atom. The predicted octanol–water partition coefficient (Wildman–Crippen LogP) is 2.29. The van der Waals surface area contributed by atoms with Crippen molar-refractivity contribution in [3.63, 3.8) is 0 Å². The first kappa shape index (κ1) is 15.9. The number of aromatic amines is 1. The van der Waals surface area contributed by atoms with Crippen LogP contribution in [0.15, 0.2) is 12.1 Å². The fourth-order valence-electron chi connectivity index (χ4n) is 2.02. The van der Waals surface area contributed by atoms with Crippen LogP contribution >= 0.6 is 0 Å². The normalized spacial score (nSPS) is 13.0. The van der Waals surface area contributed by atoms with Gasteiger partial charge in [0.2, 0.25) is 0 Å². The molecule has 22 heavy (non-hydrogen) atoms. The maximum absolute atomic E-state index is 12.5. The summed E-state index contributed by atoms with van der Waals surface area (Å²) in [5, 5.41) is 13.5. The first-order chi connectivity index (χ1) is 10.3. The predicted molar refractivity (Wildman–Crippen MR) is 68.7 cm³/mol. The molecule has 6 nitrogen and oxygen atoms in total. The highest BCUT2D eigenvalue weighted by molar-refractivity contribution is 5.39. The largest absolute Gasteiger partial charge is 0.458 e. The Morgan fingerprint density at radius 1 is 1.32 bits per heavy atom. The van der Waals surface area contributed by atoms with Gasteiger partial charge in [-0.2, -0.15) is 23.4 Å². The number of alkyl halides is 3. The molecule has 2 aromatic heterocycles. The van der Waals surface area contributed by atoms with Crippen LogP contribution in [0.4, 0.5) is 13.2 Å². The average Bonchev–Trinajstić information content (AvgIpc) is 2.78. The Labute approximate surface area is 123 Å². The molecule has 0 fully saturated rings. The van der Waals surface area contributed by atoms with E-state index in [4.69, 9.17) is 4.74 Å². The third-order valence-electron chi connectivity index (χ3n) is 3.20. The number of H-pyrrole nitrogens is 1. The summed E-state index contributed by atoms with van der Waals surface area (Å²) in [6.45, 7) is 3.80. The van der Waals surface area contributed by atoms with Crippen LogP contribution in [-0.2, 0) is 22.1 Å². The number of hydrogen-bond donors (Lipinski definition) is 1. The van der Waals surface area contributed by atoms with E-state index < -0.39 is 18.0 Å². The summed E-state index contributed by atoms with van der Waals surface area (Å²) >= 11 is 0. The molecule has 0 spiro atoms. The molecule has 1 N–H and O–H groups in total. The Hall–Kier alpha value is -2.45. The highest BCUT2D eigenvalue weighted by Gasteiger charge is 2.33. The number of rotatable bonds is 5. The van der Waals surface area contributed by atoms with Crippen LogP contribution in [0.25, 0.3) is 0 Å². The summed E-state index contributed by atoms with van der Waals surface area (Å²) < 4.78 is 42.4. The number of carbonyl (C=O) groups is 1. The lowest BCUT2D eigenvalue weighted by Crippen LogP contribution is -2.14. The summed E-state index contributed by atoms with van der Waals surface area (Å²) in [4.78, 5) is 10.6. The van der Waals surface area contributed by atoms with Crippen molar-refractivity contribution < 1.29 is 22.7 Å². The molecule has 2 aromatic rings. The number of aromatic nitrogens is 4. The minimum absolute atomic E-state index is 0.139. The van der Waals surface area contributed by atoms with Gasteiger partial charge in [0, 0.05) is 12.1 Å². The molecule has 2 rings (SSSR count).